The molecule has 0 saturated heterocycles. The molecule has 1 aromatic carbocycles. The quantitative estimate of drug-likeness (QED) is 0.924. The molecule has 0 amide bonds. The summed E-state index contributed by atoms with van der Waals surface area (Å²) in [5.74, 6) is -1.02. The number of rotatable bonds is 4. The molecule has 1 unspecified atom stereocenters. The number of benzene rings is 1. The fraction of sp³-hybridized carbons (Fsp3) is 0.312. The van der Waals surface area contributed by atoms with Gasteiger partial charge in [0.25, 0.3) is 0 Å². The number of nitrogens with zero attached hydrogens (tertiary/aromatic N) is 1. The monoisotopic (exact) mass is 276 g/mol. The number of halogens is 2. The minimum absolute atomic E-state index is 0.104. The Hall–Kier alpha value is -1.81. The molecule has 0 bridgehead atoms. The van der Waals surface area contributed by atoms with E-state index in [1.54, 1.807) is 7.05 Å². The van der Waals surface area contributed by atoms with Gasteiger partial charge in [0.2, 0.25) is 0 Å². The van der Waals surface area contributed by atoms with Crippen molar-refractivity contribution < 1.29 is 8.78 Å². The van der Waals surface area contributed by atoms with Crippen molar-refractivity contribution in [3.05, 3.63) is 64.5 Å². The summed E-state index contributed by atoms with van der Waals surface area (Å²) in [5.41, 5.74) is 2.87. The second kappa shape index (κ2) is 6.09. The van der Waals surface area contributed by atoms with Gasteiger partial charge < -0.3 is 5.32 Å². The third kappa shape index (κ3) is 3.02. The molecule has 0 aliphatic rings. The molecule has 1 heterocycles. The van der Waals surface area contributed by atoms with Crippen LogP contribution in [-0.2, 0) is 6.42 Å². The molecule has 1 aromatic heterocycles. The molecule has 0 radical (unpaired) electrons. The SMILES string of the molecule is CNC(Cc1c(F)cccc1F)c1ccc(C)nc1C. The van der Waals surface area contributed by atoms with E-state index in [1.807, 2.05) is 26.0 Å². The maximum absolute atomic E-state index is 13.7. The zero-order valence-electron chi connectivity index (χ0n) is 11.9. The third-order valence-corrected chi connectivity index (χ3v) is 3.46. The van der Waals surface area contributed by atoms with Crippen LogP contribution in [-0.4, -0.2) is 12.0 Å². The molecule has 0 aliphatic carbocycles. The Balaban J connectivity index is 2.34. The van der Waals surface area contributed by atoms with E-state index in [9.17, 15) is 8.78 Å². The van der Waals surface area contributed by atoms with E-state index in [4.69, 9.17) is 0 Å². The first-order valence-electron chi connectivity index (χ1n) is 6.57. The Morgan fingerprint density at radius 1 is 1.10 bits per heavy atom. The minimum Gasteiger partial charge on any atom is -0.313 e. The summed E-state index contributed by atoms with van der Waals surface area (Å²) >= 11 is 0. The van der Waals surface area contributed by atoms with Crippen LogP contribution in [0.2, 0.25) is 0 Å². The van der Waals surface area contributed by atoms with Crippen LogP contribution in [0.3, 0.4) is 0 Å². The number of nitrogens with one attached hydrogen (secondary N) is 1. The first-order chi connectivity index (χ1) is 9.52. The number of hydrogen-bond donors (Lipinski definition) is 1. The van der Waals surface area contributed by atoms with Gasteiger partial charge in [-0.2, -0.15) is 0 Å². The lowest BCUT2D eigenvalue weighted by molar-refractivity contribution is 0.513. The largest absolute Gasteiger partial charge is 0.313 e. The first-order valence-corrected chi connectivity index (χ1v) is 6.57. The molecule has 1 N–H and O–H groups in total. The van der Waals surface area contributed by atoms with Crippen molar-refractivity contribution in [3.63, 3.8) is 0 Å². The second-order valence-electron chi connectivity index (χ2n) is 4.87. The van der Waals surface area contributed by atoms with Crippen LogP contribution >= 0.6 is 0 Å². The molecule has 20 heavy (non-hydrogen) atoms. The van der Waals surface area contributed by atoms with Crippen molar-refractivity contribution >= 4 is 0 Å². The lowest BCUT2D eigenvalue weighted by atomic mass is 9.97. The van der Waals surface area contributed by atoms with Crippen LogP contribution in [0.4, 0.5) is 8.78 Å². The van der Waals surface area contributed by atoms with Crippen molar-refractivity contribution in [2.75, 3.05) is 7.05 Å². The van der Waals surface area contributed by atoms with Crippen LogP contribution in [0.5, 0.6) is 0 Å². The molecule has 0 fully saturated rings. The van der Waals surface area contributed by atoms with Gasteiger partial charge in [-0.15, -0.1) is 0 Å². The Labute approximate surface area is 117 Å². The van der Waals surface area contributed by atoms with Gasteiger partial charge in [-0.05, 0) is 51.1 Å². The van der Waals surface area contributed by atoms with Gasteiger partial charge >= 0.3 is 0 Å². The summed E-state index contributed by atoms with van der Waals surface area (Å²) in [7, 11) is 1.78. The first kappa shape index (κ1) is 14.6. The fourth-order valence-electron chi connectivity index (χ4n) is 2.36. The predicted molar refractivity (Wildman–Crippen MR) is 75.6 cm³/mol. The Morgan fingerprint density at radius 3 is 2.30 bits per heavy atom. The van der Waals surface area contributed by atoms with Gasteiger partial charge in [0.05, 0.1) is 0 Å². The van der Waals surface area contributed by atoms with Gasteiger partial charge in [0, 0.05) is 23.0 Å². The maximum Gasteiger partial charge on any atom is 0.129 e. The normalized spacial score (nSPS) is 12.4. The molecule has 4 heteroatoms. The van der Waals surface area contributed by atoms with E-state index >= 15 is 0 Å². The maximum atomic E-state index is 13.7. The molecule has 106 valence electrons. The lowest BCUT2D eigenvalue weighted by Crippen LogP contribution is -2.21. The highest BCUT2D eigenvalue weighted by atomic mass is 19.1. The van der Waals surface area contributed by atoms with Crippen molar-refractivity contribution in [2.45, 2.75) is 26.3 Å². The minimum atomic E-state index is -0.511. The van der Waals surface area contributed by atoms with Gasteiger partial charge in [-0.1, -0.05) is 12.1 Å². The van der Waals surface area contributed by atoms with Crippen molar-refractivity contribution in [1.29, 1.82) is 0 Å². The topological polar surface area (TPSA) is 24.9 Å². The fourth-order valence-corrected chi connectivity index (χ4v) is 2.36. The van der Waals surface area contributed by atoms with Crippen LogP contribution < -0.4 is 5.32 Å². The van der Waals surface area contributed by atoms with Crippen LogP contribution in [0.1, 0.15) is 28.6 Å². The zero-order chi connectivity index (χ0) is 14.7. The van der Waals surface area contributed by atoms with Gasteiger partial charge in [-0.3, -0.25) is 4.98 Å². The Morgan fingerprint density at radius 2 is 1.75 bits per heavy atom. The molecule has 0 aliphatic heterocycles. The predicted octanol–water partition coefficient (Wildman–Crippen LogP) is 3.48. The number of hydrogen-bond acceptors (Lipinski definition) is 2. The standard InChI is InChI=1S/C16H18F2N2/c1-10-7-8-12(11(2)20-10)16(19-3)9-13-14(17)5-4-6-15(13)18/h4-8,16,19H,9H2,1-3H3. The molecule has 0 saturated carbocycles. The van der Waals surface area contributed by atoms with Crippen LogP contribution in [0, 0.1) is 25.5 Å². The molecule has 2 aromatic rings. The highest BCUT2D eigenvalue weighted by Crippen LogP contribution is 2.23. The van der Waals surface area contributed by atoms with E-state index in [2.05, 4.69) is 10.3 Å². The number of likely N-dealkylation sites (N-methyl/N-ethyl adjacent to an activating group) is 1. The summed E-state index contributed by atoms with van der Waals surface area (Å²) in [5, 5.41) is 3.11. The van der Waals surface area contributed by atoms with Gasteiger partial charge in [0.1, 0.15) is 11.6 Å². The molecule has 0 spiro atoms. The summed E-state index contributed by atoms with van der Waals surface area (Å²) in [6.07, 6.45) is 0.251. The Bertz CT molecular complexity index is 591. The van der Waals surface area contributed by atoms with E-state index in [0.717, 1.165) is 17.0 Å². The summed E-state index contributed by atoms with van der Waals surface area (Å²) < 4.78 is 27.5. The summed E-state index contributed by atoms with van der Waals surface area (Å²) in [6, 6.07) is 7.63. The molecular weight excluding hydrogens is 258 g/mol. The lowest BCUT2D eigenvalue weighted by Gasteiger charge is -2.19. The highest BCUT2D eigenvalue weighted by Gasteiger charge is 2.18. The summed E-state index contributed by atoms with van der Waals surface area (Å²) in [6.45, 7) is 3.83. The smallest absolute Gasteiger partial charge is 0.129 e. The zero-order valence-corrected chi connectivity index (χ0v) is 11.9. The second-order valence-corrected chi connectivity index (χ2v) is 4.87. The van der Waals surface area contributed by atoms with E-state index in [-0.39, 0.29) is 18.0 Å². The van der Waals surface area contributed by atoms with Crippen LogP contribution in [0.15, 0.2) is 30.3 Å². The summed E-state index contributed by atoms with van der Waals surface area (Å²) in [4.78, 5) is 4.40. The van der Waals surface area contributed by atoms with Crippen LogP contribution in [0.25, 0.3) is 0 Å². The number of pyridine rings is 1. The molecule has 2 rings (SSSR count). The molecule has 1 atom stereocenters. The number of aromatic nitrogens is 1. The Kier molecular flexibility index (Phi) is 4.45. The average molecular weight is 276 g/mol. The number of aryl methyl sites for hydroxylation is 2. The molecule has 2 nitrogen and oxygen atoms in total. The van der Waals surface area contributed by atoms with E-state index in [1.165, 1.54) is 18.2 Å². The van der Waals surface area contributed by atoms with E-state index < -0.39 is 11.6 Å². The van der Waals surface area contributed by atoms with Crippen molar-refractivity contribution in [2.24, 2.45) is 0 Å². The average Bonchev–Trinajstić information content (AvgIpc) is 2.40. The third-order valence-electron chi connectivity index (χ3n) is 3.46. The van der Waals surface area contributed by atoms with Gasteiger partial charge in [0.15, 0.2) is 0 Å². The highest BCUT2D eigenvalue weighted by molar-refractivity contribution is 5.29. The van der Waals surface area contributed by atoms with E-state index in [0.29, 0.717) is 0 Å². The van der Waals surface area contributed by atoms with Crippen molar-refractivity contribution in [3.8, 4) is 0 Å². The molecular formula is C16H18F2N2. The van der Waals surface area contributed by atoms with Gasteiger partial charge in [-0.25, -0.2) is 8.78 Å². The van der Waals surface area contributed by atoms with Crippen molar-refractivity contribution in [1.82, 2.24) is 10.3 Å².